The van der Waals surface area contributed by atoms with Gasteiger partial charge in [0.15, 0.2) is 5.82 Å². The summed E-state index contributed by atoms with van der Waals surface area (Å²) in [6.45, 7) is 0. The molecule has 0 fully saturated rings. The van der Waals surface area contributed by atoms with Gasteiger partial charge in [-0.05, 0) is 46.7 Å². The van der Waals surface area contributed by atoms with Gasteiger partial charge in [0.1, 0.15) is 11.8 Å². The van der Waals surface area contributed by atoms with Gasteiger partial charge in [-0.1, -0.05) is 54.6 Å². The number of fused-ring (bicyclic) bond motifs is 1. The van der Waals surface area contributed by atoms with Crippen molar-refractivity contribution in [3.63, 3.8) is 0 Å². The van der Waals surface area contributed by atoms with Crippen molar-refractivity contribution in [3.05, 3.63) is 108 Å². The van der Waals surface area contributed by atoms with E-state index >= 15 is 0 Å². The van der Waals surface area contributed by atoms with E-state index in [0.29, 0.717) is 11.3 Å². The lowest BCUT2D eigenvalue weighted by atomic mass is 10.0. The van der Waals surface area contributed by atoms with Crippen molar-refractivity contribution in [2.24, 2.45) is 5.73 Å². The van der Waals surface area contributed by atoms with E-state index in [0.717, 1.165) is 28.5 Å². The number of ether oxygens (including phenoxy) is 1. The number of benzene rings is 3. The number of ketones is 1. The number of nitrogens with one attached hydrogen (secondary N) is 1. The monoisotopic (exact) mass is 573 g/mol. The molecule has 2 aromatic heterocycles. The first-order chi connectivity index (χ1) is 20.1. The Labute approximate surface area is 236 Å². The maximum absolute atomic E-state index is 13.4. The molecule has 9 nitrogen and oxygen atoms in total. The number of rotatable bonds is 9. The van der Waals surface area contributed by atoms with Crippen molar-refractivity contribution in [2.45, 2.75) is 18.8 Å². The first-order valence-corrected chi connectivity index (χ1v) is 12.6. The van der Waals surface area contributed by atoms with Crippen molar-refractivity contribution in [1.82, 2.24) is 20.1 Å². The molecule has 3 N–H and O–H groups in total. The van der Waals surface area contributed by atoms with Crippen LogP contribution in [0.15, 0.2) is 97.3 Å². The lowest BCUT2D eigenvalue weighted by Gasteiger charge is -2.18. The van der Waals surface area contributed by atoms with Crippen molar-refractivity contribution in [3.8, 4) is 22.8 Å². The van der Waals surface area contributed by atoms with E-state index in [4.69, 9.17) is 5.73 Å². The number of carbonyl (C=O) groups is 3. The van der Waals surface area contributed by atoms with E-state index in [1.54, 1.807) is 12.3 Å². The summed E-state index contributed by atoms with van der Waals surface area (Å²) in [6, 6.07) is 21.7. The average molecular weight is 574 g/mol. The maximum Gasteiger partial charge on any atom is 0.573 e. The second-order valence-electron chi connectivity index (χ2n) is 9.20. The summed E-state index contributed by atoms with van der Waals surface area (Å²) in [5.74, 6) is -3.40. The molecule has 1 unspecified atom stereocenters. The van der Waals surface area contributed by atoms with Crippen LogP contribution in [0.3, 0.4) is 0 Å². The van der Waals surface area contributed by atoms with Gasteiger partial charge >= 0.3 is 6.36 Å². The highest BCUT2D eigenvalue weighted by Gasteiger charge is 2.31. The Balaban J connectivity index is 1.40. The van der Waals surface area contributed by atoms with E-state index in [9.17, 15) is 27.6 Å². The number of halogens is 3. The summed E-state index contributed by atoms with van der Waals surface area (Å²) in [5, 5.41) is 9.17. The highest BCUT2D eigenvalue weighted by atomic mass is 19.4. The summed E-state index contributed by atoms with van der Waals surface area (Å²) in [7, 11) is 0. The van der Waals surface area contributed by atoms with Crippen LogP contribution < -0.4 is 15.8 Å². The quantitative estimate of drug-likeness (QED) is 0.252. The molecule has 1 atom stereocenters. The molecule has 5 aromatic rings. The normalized spacial score (nSPS) is 12.1. The molecule has 12 heteroatoms. The van der Waals surface area contributed by atoms with Crippen molar-refractivity contribution < 1.29 is 32.3 Å². The fourth-order valence-corrected chi connectivity index (χ4v) is 4.47. The molecule has 3 aromatic carbocycles. The first kappa shape index (κ1) is 28.0. The summed E-state index contributed by atoms with van der Waals surface area (Å²) in [6.07, 6.45) is -1.97. The van der Waals surface area contributed by atoms with Crippen LogP contribution >= 0.6 is 0 Å². The van der Waals surface area contributed by atoms with Crippen molar-refractivity contribution >= 4 is 28.4 Å². The average Bonchev–Trinajstić information content (AvgIpc) is 3.46. The molecule has 42 heavy (non-hydrogen) atoms. The summed E-state index contributed by atoms with van der Waals surface area (Å²) in [5.41, 5.74) is 7.14. The molecule has 0 aliphatic rings. The standard InChI is InChI=1S/C30H22F3N5O4/c31-30(32,33)42-20-12-10-18(11-13-20)17-25(26(39)27(34)40)36-29(41)23-9-4-15-35-28(23)38-16-14-24(37-38)22-8-3-6-19-5-1-2-7-21(19)22/h1-16,25H,17H2,(H2,34,40)(H,36,41). The number of Topliss-reactive ketones (excluding diaryl/α,β-unsaturated/α-hetero) is 1. The Morgan fingerprint density at radius 2 is 1.67 bits per heavy atom. The Morgan fingerprint density at radius 3 is 2.40 bits per heavy atom. The third-order valence-electron chi connectivity index (χ3n) is 6.36. The number of hydrogen-bond donors (Lipinski definition) is 2. The molecule has 5 rings (SSSR count). The van der Waals surface area contributed by atoms with Crippen LogP contribution in [0.2, 0.25) is 0 Å². The molecule has 0 saturated carbocycles. The van der Waals surface area contributed by atoms with Gasteiger partial charge in [-0.2, -0.15) is 5.10 Å². The van der Waals surface area contributed by atoms with Crippen molar-refractivity contribution in [2.75, 3.05) is 0 Å². The van der Waals surface area contributed by atoms with Crippen LogP contribution in [0.25, 0.3) is 27.8 Å². The number of nitrogens with two attached hydrogens (primary N) is 1. The Bertz CT molecular complexity index is 1780. The van der Waals surface area contributed by atoms with Gasteiger partial charge in [0.2, 0.25) is 5.78 Å². The van der Waals surface area contributed by atoms with Crippen LogP contribution in [0.1, 0.15) is 15.9 Å². The lowest BCUT2D eigenvalue weighted by Crippen LogP contribution is -2.47. The third-order valence-corrected chi connectivity index (χ3v) is 6.36. The van der Waals surface area contributed by atoms with Crippen LogP contribution in [0.5, 0.6) is 5.75 Å². The zero-order valence-electron chi connectivity index (χ0n) is 21.7. The number of aromatic nitrogens is 3. The van der Waals surface area contributed by atoms with E-state index in [1.807, 2.05) is 42.5 Å². The zero-order valence-corrected chi connectivity index (χ0v) is 21.7. The minimum Gasteiger partial charge on any atom is -0.406 e. The van der Waals surface area contributed by atoms with E-state index in [1.165, 1.54) is 35.1 Å². The summed E-state index contributed by atoms with van der Waals surface area (Å²) >= 11 is 0. The Morgan fingerprint density at radius 1 is 0.929 bits per heavy atom. The fraction of sp³-hybridized carbons (Fsp3) is 0.100. The van der Waals surface area contributed by atoms with Crippen LogP contribution in [-0.4, -0.2) is 44.8 Å². The fourth-order valence-electron chi connectivity index (χ4n) is 4.47. The van der Waals surface area contributed by atoms with Crippen LogP contribution in [0, 0.1) is 0 Å². The highest BCUT2D eigenvalue weighted by molar-refractivity contribution is 6.38. The number of alkyl halides is 3. The van der Waals surface area contributed by atoms with Gasteiger partial charge in [0, 0.05) is 24.4 Å². The first-order valence-electron chi connectivity index (χ1n) is 12.6. The molecule has 0 aliphatic carbocycles. The molecule has 2 amide bonds. The maximum atomic E-state index is 13.4. The third kappa shape index (κ3) is 6.28. The van der Waals surface area contributed by atoms with E-state index in [2.05, 4.69) is 20.1 Å². The van der Waals surface area contributed by atoms with E-state index < -0.39 is 35.8 Å². The molecular weight excluding hydrogens is 551 g/mol. The molecule has 0 saturated heterocycles. The van der Waals surface area contributed by atoms with Crippen LogP contribution in [0.4, 0.5) is 13.2 Å². The SMILES string of the molecule is NC(=O)C(=O)C(Cc1ccc(OC(F)(F)F)cc1)NC(=O)c1cccnc1-n1ccc(-c2cccc3ccccc23)n1. The topological polar surface area (TPSA) is 129 Å². The van der Waals surface area contributed by atoms with Gasteiger partial charge < -0.3 is 15.8 Å². The second-order valence-corrected chi connectivity index (χ2v) is 9.20. The van der Waals surface area contributed by atoms with Gasteiger partial charge in [0.25, 0.3) is 11.8 Å². The number of pyridine rings is 1. The minimum absolute atomic E-state index is 0.0567. The largest absolute Gasteiger partial charge is 0.573 e. The summed E-state index contributed by atoms with van der Waals surface area (Å²) < 4.78 is 42.7. The minimum atomic E-state index is -4.87. The molecule has 0 spiro atoms. The zero-order chi connectivity index (χ0) is 29.9. The molecule has 212 valence electrons. The van der Waals surface area contributed by atoms with Crippen LogP contribution in [-0.2, 0) is 16.0 Å². The molecule has 0 aliphatic heterocycles. The Kier molecular flexibility index (Phi) is 7.69. The summed E-state index contributed by atoms with van der Waals surface area (Å²) in [4.78, 5) is 42.0. The number of nitrogens with zero attached hydrogens (tertiary/aromatic N) is 3. The highest BCUT2D eigenvalue weighted by Crippen LogP contribution is 2.28. The predicted molar refractivity (Wildman–Crippen MR) is 147 cm³/mol. The molecule has 2 heterocycles. The molecule has 0 bridgehead atoms. The number of primary amides is 1. The van der Waals surface area contributed by atoms with E-state index in [-0.39, 0.29) is 17.8 Å². The molecule has 0 radical (unpaired) electrons. The van der Waals surface area contributed by atoms with Crippen molar-refractivity contribution in [1.29, 1.82) is 0 Å². The Hall–Kier alpha value is -5.52. The number of amides is 2. The molecular formula is C30H22F3N5O4. The van der Waals surface area contributed by atoms with Gasteiger partial charge in [-0.3, -0.25) is 14.4 Å². The predicted octanol–water partition coefficient (Wildman–Crippen LogP) is 4.38. The number of hydrogen-bond acceptors (Lipinski definition) is 6. The van der Waals surface area contributed by atoms with Gasteiger partial charge in [-0.25, -0.2) is 9.67 Å². The van der Waals surface area contributed by atoms with Gasteiger partial charge in [-0.15, -0.1) is 13.2 Å². The lowest BCUT2D eigenvalue weighted by molar-refractivity contribution is -0.274. The second kappa shape index (κ2) is 11.5. The number of carbonyl (C=O) groups excluding carboxylic acids is 3. The smallest absolute Gasteiger partial charge is 0.406 e. The van der Waals surface area contributed by atoms with Gasteiger partial charge in [0.05, 0.1) is 11.3 Å².